The summed E-state index contributed by atoms with van der Waals surface area (Å²) < 4.78 is 29.2. The molecular weight excluding hydrogens is 331 g/mol. The third-order valence-corrected chi connectivity index (χ3v) is 6.49. The van der Waals surface area contributed by atoms with Gasteiger partial charge in [0.2, 0.25) is 10.0 Å². The van der Waals surface area contributed by atoms with Crippen LogP contribution in [0.15, 0.2) is 41.4 Å². The molecule has 0 aliphatic carbocycles. The van der Waals surface area contributed by atoms with Crippen molar-refractivity contribution in [1.82, 2.24) is 8.87 Å². The average Bonchev–Trinajstić information content (AvgIpc) is 2.91. The van der Waals surface area contributed by atoms with Crippen molar-refractivity contribution < 1.29 is 8.42 Å². The van der Waals surface area contributed by atoms with Crippen molar-refractivity contribution in [1.29, 1.82) is 0 Å². The maximum Gasteiger partial charge on any atom is 0.243 e. The summed E-state index contributed by atoms with van der Waals surface area (Å²) in [5, 5.41) is 0.585. The molecule has 1 aromatic carbocycles. The molecule has 1 aliphatic rings. The fourth-order valence-corrected chi connectivity index (χ4v) is 4.65. The van der Waals surface area contributed by atoms with E-state index in [9.17, 15) is 8.42 Å². The van der Waals surface area contributed by atoms with E-state index in [-0.39, 0.29) is 16.0 Å². The van der Waals surface area contributed by atoms with E-state index in [0.717, 1.165) is 5.69 Å². The van der Waals surface area contributed by atoms with Gasteiger partial charge in [0, 0.05) is 25.0 Å². The molecule has 1 aliphatic heterocycles. The second kappa shape index (κ2) is 5.32. The predicted molar refractivity (Wildman–Crippen MR) is 83.2 cm³/mol. The second-order valence-electron chi connectivity index (χ2n) is 4.99. The molecular formula is C14H14Cl2N2O2S. The summed E-state index contributed by atoms with van der Waals surface area (Å²) in [7, 11) is -3.59. The third kappa shape index (κ3) is 2.48. The Hall–Kier alpha value is -1.01. The highest BCUT2D eigenvalue weighted by molar-refractivity contribution is 7.89. The Balaban J connectivity index is 2.01. The van der Waals surface area contributed by atoms with Crippen LogP contribution in [0, 0.1) is 0 Å². The summed E-state index contributed by atoms with van der Waals surface area (Å²) in [6.45, 7) is 2.97. The minimum absolute atomic E-state index is 0.170. The fraction of sp³-hybridized carbons (Fsp3) is 0.286. The van der Waals surface area contributed by atoms with Crippen molar-refractivity contribution in [2.75, 3.05) is 6.54 Å². The SMILES string of the molecule is C[C@H]1c2cccn2CCN1S(=O)(=O)c1ccc(Cl)c(Cl)c1. The second-order valence-corrected chi connectivity index (χ2v) is 7.70. The van der Waals surface area contributed by atoms with Gasteiger partial charge in [0.1, 0.15) is 0 Å². The molecule has 4 nitrogen and oxygen atoms in total. The Morgan fingerprint density at radius 1 is 1.14 bits per heavy atom. The molecule has 1 aromatic heterocycles. The molecule has 0 unspecified atom stereocenters. The predicted octanol–water partition coefficient (Wildman–Crippen LogP) is 3.56. The third-order valence-electron chi connectivity index (χ3n) is 3.78. The lowest BCUT2D eigenvalue weighted by atomic mass is 10.2. The van der Waals surface area contributed by atoms with Crippen LogP contribution < -0.4 is 0 Å². The zero-order valence-electron chi connectivity index (χ0n) is 11.3. The monoisotopic (exact) mass is 344 g/mol. The highest BCUT2D eigenvalue weighted by Gasteiger charge is 2.34. The molecule has 0 amide bonds. The average molecular weight is 345 g/mol. The standard InChI is InChI=1S/C14H14Cl2N2O2S/c1-10-14-3-2-6-17(14)7-8-18(10)21(19,20)11-4-5-12(15)13(16)9-11/h2-6,9-10H,7-8H2,1H3/t10-/m0/s1. The Kier molecular flexibility index (Phi) is 3.78. The van der Waals surface area contributed by atoms with Gasteiger partial charge in [0.05, 0.1) is 21.0 Å². The summed E-state index contributed by atoms with van der Waals surface area (Å²) in [6.07, 6.45) is 1.97. The maximum absolute atomic E-state index is 12.8. The Morgan fingerprint density at radius 2 is 1.90 bits per heavy atom. The minimum atomic E-state index is -3.59. The highest BCUT2D eigenvalue weighted by atomic mass is 35.5. The van der Waals surface area contributed by atoms with Gasteiger partial charge >= 0.3 is 0 Å². The molecule has 2 heterocycles. The van der Waals surface area contributed by atoms with Gasteiger partial charge in [-0.2, -0.15) is 4.31 Å². The van der Waals surface area contributed by atoms with Crippen LogP contribution in [0.1, 0.15) is 18.7 Å². The van der Waals surface area contributed by atoms with Crippen molar-refractivity contribution >= 4 is 33.2 Å². The van der Waals surface area contributed by atoms with E-state index in [0.29, 0.717) is 18.1 Å². The largest absolute Gasteiger partial charge is 0.349 e. The van der Waals surface area contributed by atoms with Gasteiger partial charge in [-0.15, -0.1) is 0 Å². The first kappa shape index (κ1) is 14.9. The number of hydrogen-bond donors (Lipinski definition) is 0. The molecule has 112 valence electrons. The summed E-state index contributed by atoms with van der Waals surface area (Å²) in [4.78, 5) is 0.170. The first-order chi connectivity index (χ1) is 9.91. The van der Waals surface area contributed by atoms with Crippen LogP contribution in [0.3, 0.4) is 0 Å². The molecule has 7 heteroatoms. The van der Waals surface area contributed by atoms with Gasteiger partial charge in [-0.05, 0) is 37.3 Å². The molecule has 0 fully saturated rings. The Bertz CT molecular complexity index is 786. The Morgan fingerprint density at radius 3 is 2.62 bits per heavy atom. The Labute approximate surface area is 133 Å². The van der Waals surface area contributed by atoms with Crippen molar-refractivity contribution in [2.45, 2.75) is 24.4 Å². The van der Waals surface area contributed by atoms with Gasteiger partial charge in [0.25, 0.3) is 0 Å². The molecule has 0 radical (unpaired) electrons. The molecule has 0 spiro atoms. The van der Waals surface area contributed by atoms with Crippen molar-refractivity contribution in [3.8, 4) is 0 Å². The molecule has 21 heavy (non-hydrogen) atoms. The molecule has 2 aromatic rings. The molecule has 3 rings (SSSR count). The van der Waals surface area contributed by atoms with E-state index < -0.39 is 10.0 Å². The molecule has 0 bridgehead atoms. The van der Waals surface area contributed by atoms with E-state index in [1.807, 2.05) is 25.3 Å². The summed E-state index contributed by atoms with van der Waals surface area (Å²) >= 11 is 11.8. The van der Waals surface area contributed by atoms with Crippen LogP contribution >= 0.6 is 23.2 Å². The van der Waals surface area contributed by atoms with Gasteiger partial charge in [-0.1, -0.05) is 23.2 Å². The van der Waals surface area contributed by atoms with Crippen LogP contribution in [0.5, 0.6) is 0 Å². The lowest BCUT2D eigenvalue weighted by Crippen LogP contribution is -2.40. The fourth-order valence-electron chi connectivity index (χ4n) is 2.66. The number of sulfonamides is 1. The number of rotatable bonds is 2. The van der Waals surface area contributed by atoms with E-state index >= 15 is 0 Å². The summed E-state index contributed by atoms with van der Waals surface area (Å²) in [6, 6.07) is 8.06. The zero-order valence-corrected chi connectivity index (χ0v) is 13.7. The van der Waals surface area contributed by atoms with Gasteiger partial charge in [-0.3, -0.25) is 0 Å². The number of nitrogens with zero attached hydrogens (tertiary/aromatic N) is 2. The topological polar surface area (TPSA) is 42.3 Å². The van der Waals surface area contributed by atoms with Gasteiger partial charge in [0.15, 0.2) is 0 Å². The van der Waals surface area contributed by atoms with E-state index in [4.69, 9.17) is 23.2 Å². The normalized spacial score (nSPS) is 19.5. The number of aromatic nitrogens is 1. The lowest BCUT2D eigenvalue weighted by molar-refractivity contribution is 0.282. The quantitative estimate of drug-likeness (QED) is 0.835. The zero-order chi connectivity index (χ0) is 15.2. The van der Waals surface area contributed by atoms with Crippen molar-refractivity contribution in [3.05, 3.63) is 52.3 Å². The van der Waals surface area contributed by atoms with Crippen LogP contribution in [0.4, 0.5) is 0 Å². The minimum Gasteiger partial charge on any atom is -0.349 e. The van der Waals surface area contributed by atoms with Crippen molar-refractivity contribution in [2.24, 2.45) is 0 Å². The van der Waals surface area contributed by atoms with Gasteiger partial charge in [-0.25, -0.2) is 8.42 Å². The van der Waals surface area contributed by atoms with E-state index in [2.05, 4.69) is 4.57 Å². The number of halogens is 2. The first-order valence-electron chi connectivity index (χ1n) is 6.53. The first-order valence-corrected chi connectivity index (χ1v) is 8.73. The number of benzene rings is 1. The molecule has 0 N–H and O–H groups in total. The maximum atomic E-state index is 12.8. The molecule has 0 saturated heterocycles. The summed E-state index contributed by atoms with van der Waals surface area (Å²) in [5.41, 5.74) is 0.991. The highest BCUT2D eigenvalue weighted by Crippen LogP contribution is 2.33. The number of fused-ring (bicyclic) bond motifs is 1. The van der Waals surface area contributed by atoms with Crippen LogP contribution in [-0.4, -0.2) is 23.8 Å². The van der Waals surface area contributed by atoms with Crippen molar-refractivity contribution in [3.63, 3.8) is 0 Å². The van der Waals surface area contributed by atoms with Crippen LogP contribution in [-0.2, 0) is 16.6 Å². The number of hydrogen-bond acceptors (Lipinski definition) is 2. The molecule has 0 saturated carbocycles. The van der Waals surface area contributed by atoms with Crippen LogP contribution in [0.2, 0.25) is 10.0 Å². The smallest absolute Gasteiger partial charge is 0.243 e. The lowest BCUT2D eigenvalue weighted by Gasteiger charge is -2.33. The van der Waals surface area contributed by atoms with Crippen LogP contribution in [0.25, 0.3) is 0 Å². The summed E-state index contributed by atoms with van der Waals surface area (Å²) in [5.74, 6) is 0. The van der Waals surface area contributed by atoms with Gasteiger partial charge < -0.3 is 4.57 Å². The molecule has 1 atom stereocenters. The van der Waals surface area contributed by atoms with E-state index in [1.54, 1.807) is 0 Å². The van der Waals surface area contributed by atoms with E-state index in [1.165, 1.54) is 22.5 Å².